The number of hydrogen-bond acceptors (Lipinski definition) is 4. The maximum Gasteiger partial charge on any atom is 0.276 e. The maximum absolute atomic E-state index is 11.8. The molecule has 5 heteroatoms. The number of ether oxygens (including phenoxy) is 1. The van der Waals surface area contributed by atoms with Crippen molar-refractivity contribution >= 4 is 11.5 Å². The van der Waals surface area contributed by atoms with Crippen LogP contribution < -0.4 is 4.74 Å². The van der Waals surface area contributed by atoms with Crippen molar-refractivity contribution in [3.05, 3.63) is 69.8 Å². The number of para-hydroxylation sites is 2. The van der Waals surface area contributed by atoms with Crippen molar-refractivity contribution in [1.29, 1.82) is 0 Å². The minimum Gasteiger partial charge on any atom is -0.488 e. The Bertz CT molecular complexity index is 667. The van der Waals surface area contributed by atoms with Crippen LogP contribution in [0.4, 0.5) is 5.69 Å². The van der Waals surface area contributed by atoms with E-state index in [0.717, 1.165) is 0 Å². The van der Waals surface area contributed by atoms with Crippen molar-refractivity contribution in [3.8, 4) is 5.75 Å². The van der Waals surface area contributed by atoms with E-state index in [2.05, 4.69) is 0 Å². The molecule has 0 spiro atoms. The van der Waals surface area contributed by atoms with Crippen LogP contribution in [-0.4, -0.2) is 10.7 Å². The normalized spacial score (nSPS) is 10.1. The molecule has 5 nitrogen and oxygen atoms in total. The van der Waals surface area contributed by atoms with Crippen molar-refractivity contribution in [2.45, 2.75) is 20.0 Å². The lowest BCUT2D eigenvalue weighted by atomic mass is 10.1. The second kappa shape index (κ2) is 6.65. The van der Waals surface area contributed by atoms with Gasteiger partial charge in [0.05, 0.1) is 16.1 Å². The molecule has 0 atom stereocenters. The van der Waals surface area contributed by atoms with E-state index in [4.69, 9.17) is 4.74 Å². The third-order valence-electron chi connectivity index (χ3n) is 3.08. The maximum atomic E-state index is 11.8. The zero-order valence-electron chi connectivity index (χ0n) is 11.6. The summed E-state index contributed by atoms with van der Waals surface area (Å²) >= 11 is 0. The van der Waals surface area contributed by atoms with E-state index in [1.54, 1.807) is 49.4 Å². The lowest BCUT2D eigenvalue weighted by Crippen LogP contribution is -2.04. The number of ketones is 1. The first kappa shape index (κ1) is 14.7. The monoisotopic (exact) mass is 285 g/mol. The lowest BCUT2D eigenvalue weighted by molar-refractivity contribution is -0.385. The van der Waals surface area contributed by atoms with Crippen molar-refractivity contribution in [2.24, 2.45) is 0 Å². The van der Waals surface area contributed by atoms with E-state index in [1.807, 2.05) is 0 Å². The smallest absolute Gasteiger partial charge is 0.276 e. The Morgan fingerprint density at radius 1 is 1.14 bits per heavy atom. The summed E-state index contributed by atoms with van der Waals surface area (Å²) in [5, 5.41) is 11.0. The summed E-state index contributed by atoms with van der Waals surface area (Å²) in [6, 6.07) is 13.3. The predicted molar refractivity (Wildman–Crippen MR) is 78.5 cm³/mol. The van der Waals surface area contributed by atoms with Gasteiger partial charge in [0, 0.05) is 12.5 Å². The first-order chi connectivity index (χ1) is 10.1. The molecular weight excluding hydrogens is 270 g/mol. The SMILES string of the molecule is CCC(=O)c1ccccc1OCc1ccccc1[N+](=O)[O-]. The highest BCUT2D eigenvalue weighted by Crippen LogP contribution is 2.23. The van der Waals surface area contributed by atoms with Gasteiger partial charge in [-0.2, -0.15) is 0 Å². The molecule has 0 saturated heterocycles. The van der Waals surface area contributed by atoms with Crippen LogP contribution in [0.25, 0.3) is 0 Å². The van der Waals surface area contributed by atoms with E-state index in [1.165, 1.54) is 6.07 Å². The molecule has 2 rings (SSSR count). The van der Waals surface area contributed by atoms with Gasteiger partial charge in [-0.05, 0) is 18.2 Å². The van der Waals surface area contributed by atoms with Gasteiger partial charge in [-0.15, -0.1) is 0 Å². The number of hydrogen-bond donors (Lipinski definition) is 0. The molecule has 0 heterocycles. The average Bonchev–Trinajstić information content (AvgIpc) is 2.52. The Labute approximate surface area is 122 Å². The Kier molecular flexibility index (Phi) is 4.66. The average molecular weight is 285 g/mol. The van der Waals surface area contributed by atoms with Gasteiger partial charge in [0.1, 0.15) is 12.4 Å². The molecule has 0 bridgehead atoms. The molecule has 2 aromatic carbocycles. The van der Waals surface area contributed by atoms with Gasteiger partial charge in [0.2, 0.25) is 0 Å². The number of benzene rings is 2. The van der Waals surface area contributed by atoms with Crippen LogP contribution in [0.2, 0.25) is 0 Å². The van der Waals surface area contributed by atoms with Crippen molar-refractivity contribution in [2.75, 3.05) is 0 Å². The van der Waals surface area contributed by atoms with Gasteiger partial charge in [0.15, 0.2) is 5.78 Å². The highest BCUT2D eigenvalue weighted by Gasteiger charge is 2.15. The predicted octanol–water partition coefficient (Wildman–Crippen LogP) is 3.77. The van der Waals surface area contributed by atoms with Crippen LogP contribution >= 0.6 is 0 Å². The number of carbonyl (C=O) groups is 1. The minimum absolute atomic E-state index is 0.0109. The van der Waals surface area contributed by atoms with Crippen LogP contribution in [0.15, 0.2) is 48.5 Å². The molecule has 0 aliphatic rings. The molecule has 0 aliphatic heterocycles. The summed E-state index contributed by atoms with van der Waals surface area (Å²) in [4.78, 5) is 22.3. The standard InChI is InChI=1S/C16H15NO4/c1-2-15(18)13-8-4-6-10-16(13)21-11-12-7-3-5-9-14(12)17(19)20/h3-10H,2,11H2,1H3. The van der Waals surface area contributed by atoms with Crippen molar-refractivity contribution in [3.63, 3.8) is 0 Å². The Morgan fingerprint density at radius 3 is 2.52 bits per heavy atom. The summed E-state index contributed by atoms with van der Waals surface area (Å²) in [6.45, 7) is 1.83. The Balaban J connectivity index is 2.21. The molecule has 21 heavy (non-hydrogen) atoms. The number of Topliss-reactive ketones (excluding diaryl/α,β-unsaturated/α-hetero) is 1. The van der Waals surface area contributed by atoms with E-state index in [-0.39, 0.29) is 18.1 Å². The quantitative estimate of drug-likeness (QED) is 0.460. The highest BCUT2D eigenvalue weighted by molar-refractivity contribution is 5.98. The van der Waals surface area contributed by atoms with Crippen LogP contribution in [0.1, 0.15) is 29.3 Å². The summed E-state index contributed by atoms with van der Waals surface area (Å²) < 4.78 is 5.61. The zero-order chi connectivity index (χ0) is 15.2. The first-order valence-corrected chi connectivity index (χ1v) is 6.60. The number of nitrogens with zero attached hydrogens (tertiary/aromatic N) is 1. The second-order valence-corrected chi connectivity index (χ2v) is 4.45. The molecule has 0 saturated carbocycles. The van der Waals surface area contributed by atoms with E-state index in [0.29, 0.717) is 23.3 Å². The van der Waals surface area contributed by atoms with Crippen LogP contribution in [0.5, 0.6) is 5.75 Å². The molecule has 0 N–H and O–H groups in total. The molecule has 2 aromatic rings. The first-order valence-electron chi connectivity index (χ1n) is 6.60. The number of carbonyl (C=O) groups excluding carboxylic acids is 1. The molecule has 0 aromatic heterocycles. The fraction of sp³-hybridized carbons (Fsp3) is 0.188. The molecule has 0 amide bonds. The topological polar surface area (TPSA) is 69.4 Å². The summed E-state index contributed by atoms with van der Waals surface area (Å²) in [6.07, 6.45) is 0.381. The van der Waals surface area contributed by atoms with Gasteiger partial charge in [-0.1, -0.05) is 31.2 Å². The van der Waals surface area contributed by atoms with Gasteiger partial charge in [0.25, 0.3) is 5.69 Å². The summed E-state index contributed by atoms with van der Waals surface area (Å²) in [5.74, 6) is 0.427. The fourth-order valence-corrected chi connectivity index (χ4v) is 1.98. The molecule has 0 fully saturated rings. The van der Waals surface area contributed by atoms with Crippen LogP contribution in [0, 0.1) is 10.1 Å². The molecule has 0 unspecified atom stereocenters. The minimum atomic E-state index is -0.443. The van der Waals surface area contributed by atoms with Gasteiger partial charge in [-0.25, -0.2) is 0 Å². The van der Waals surface area contributed by atoms with Crippen LogP contribution in [0.3, 0.4) is 0 Å². The van der Waals surface area contributed by atoms with Crippen LogP contribution in [-0.2, 0) is 6.61 Å². The van der Waals surface area contributed by atoms with E-state index in [9.17, 15) is 14.9 Å². The largest absolute Gasteiger partial charge is 0.488 e. The lowest BCUT2D eigenvalue weighted by Gasteiger charge is -2.10. The summed E-state index contributed by atoms with van der Waals surface area (Å²) in [7, 11) is 0. The zero-order valence-corrected chi connectivity index (χ0v) is 11.6. The van der Waals surface area contributed by atoms with Gasteiger partial charge in [-0.3, -0.25) is 14.9 Å². The van der Waals surface area contributed by atoms with E-state index < -0.39 is 4.92 Å². The molecule has 0 aliphatic carbocycles. The fourth-order valence-electron chi connectivity index (χ4n) is 1.98. The highest BCUT2D eigenvalue weighted by atomic mass is 16.6. The number of rotatable bonds is 6. The Morgan fingerprint density at radius 2 is 1.81 bits per heavy atom. The van der Waals surface area contributed by atoms with Gasteiger partial charge >= 0.3 is 0 Å². The third-order valence-corrected chi connectivity index (χ3v) is 3.08. The molecule has 0 radical (unpaired) electrons. The van der Waals surface area contributed by atoms with Gasteiger partial charge < -0.3 is 4.74 Å². The van der Waals surface area contributed by atoms with Crippen molar-refractivity contribution in [1.82, 2.24) is 0 Å². The number of nitro benzene ring substituents is 1. The second-order valence-electron chi connectivity index (χ2n) is 4.45. The van der Waals surface area contributed by atoms with Crippen molar-refractivity contribution < 1.29 is 14.5 Å². The Hall–Kier alpha value is -2.69. The number of nitro groups is 1. The summed E-state index contributed by atoms with van der Waals surface area (Å²) in [5.41, 5.74) is 0.983. The molecule has 108 valence electrons. The molecular formula is C16H15NO4. The van der Waals surface area contributed by atoms with E-state index >= 15 is 0 Å². The third kappa shape index (κ3) is 3.45.